The fourth-order valence-corrected chi connectivity index (χ4v) is 1.54. The minimum atomic E-state index is -0.417. The Labute approximate surface area is 102 Å². The number of carbonyl (C=O) groups is 1. The van der Waals surface area contributed by atoms with Gasteiger partial charge in [-0.15, -0.1) is 0 Å². The number of aliphatic hydroxyl groups excluding tert-OH is 1. The van der Waals surface area contributed by atoms with Crippen molar-refractivity contribution in [1.82, 2.24) is 5.32 Å². The van der Waals surface area contributed by atoms with Crippen molar-refractivity contribution in [3.63, 3.8) is 0 Å². The summed E-state index contributed by atoms with van der Waals surface area (Å²) in [6, 6.07) is 9.64. The molecule has 4 heteroatoms. The van der Waals surface area contributed by atoms with Crippen molar-refractivity contribution in [2.75, 3.05) is 25.0 Å². The molecule has 1 rings (SSSR count). The lowest BCUT2D eigenvalue weighted by Crippen LogP contribution is -2.39. The molecule has 0 radical (unpaired) electrons. The number of aliphatic hydroxyl groups is 1. The van der Waals surface area contributed by atoms with Crippen molar-refractivity contribution in [2.24, 2.45) is 0 Å². The van der Waals surface area contributed by atoms with Gasteiger partial charge in [-0.3, -0.25) is 4.79 Å². The van der Waals surface area contributed by atoms with Crippen LogP contribution in [0.3, 0.4) is 0 Å². The van der Waals surface area contributed by atoms with E-state index in [1.54, 1.807) is 7.05 Å². The van der Waals surface area contributed by atoms with E-state index in [4.69, 9.17) is 0 Å². The van der Waals surface area contributed by atoms with E-state index in [2.05, 4.69) is 5.32 Å². The van der Waals surface area contributed by atoms with Crippen molar-refractivity contribution >= 4 is 11.6 Å². The third kappa shape index (κ3) is 4.44. The molecular formula is C13H20N2O2. The number of anilines is 1. The molecule has 0 aliphatic heterocycles. The number of hydrogen-bond acceptors (Lipinski definition) is 3. The lowest BCUT2D eigenvalue weighted by Gasteiger charge is -2.26. The smallest absolute Gasteiger partial charge is 0.239 e. The highest BCUT2D eigenvalue weighted by Gasteiger charge is 2.13. The SMILES string of the molecule is CCC(O)CN(CC(=O)NC)c1ccccc1. The van der Waals surface area contributed by atoms with Crippen molar-refractivity contribution in [3.05, 3.63) is 30.3 Å². The third-order valence-electron chi connectivity index (χ3n) is 2.64. The summed E-state index contributed by atoms with van der Waals surface area (Å²) in [5.74, 6) is -0.0582. The van der Waals surface area contributed by atoms with Crippen molar-refractivity contribution in [3.8, 4) is 0 Å². The van der Waals surface area contributed by atoms with Crippen molar-refractivity contribution < 1.29 is 9.90 Å². The Morgan fingerprint density at radius 1 is 1.41 bits per heavy atom. The van der Waals surface area contributed by atoms with E-state index in [1.807, 2.05) is 42.2 Å². The second-order valence-electron chi connectivity index (χ2n) is 3.95. The standard InChI is InChI=1S/C13H20N2O2/c1-3-12(16)9-15(10-13(17)14-2)11-7-5-4-6-8-11/h4-8,12,16H,3,9-10H2,1-2H3,(H,14,17). The number of benzene rings is 1. The lowest BCUT2D eigenvalue weighted by atomic mass is 10.2. The summed E-state index contributed by atoms with van der Waals surface area (Å²) >= 11 is 0. The van der Waals surface area contributed by atoms with Crippen LogP contribution in [-0.2, 0) is 4.79 Å². The van der Waals surface area contributed by atoms with Gasteiger partial charge in [-0.1, -0.05) is 25.1 Å². The molecule has 4 nitrogen and oxygen atoms in total. The molecule has 1 aromatic carbocycles. The first-order chi connectivity index (χ1) is 8.17. The van der Waals surface area contributed by atoms with E-state index in [0.29, 0.717) is 13.0 Å². The van der Waals surface area contributed by atoms with Gasteiger partial charge in [0.05, 0.1) is 12.6 Å². The van der Waals surface area contributed by atoms with Gasteiger partial charge in [0.2, 0.25) is 5.91 Å². The largest absolute Gasteiger partial charge is 0.391 e. The maximum absolute atomic E-state index is 11.4. The van der Waals surface area contributed by atoms with Gasteiger partial charge in [0.15, 0.2) is 0 Å². The van der Waals surface area contributed by atoms with E-state index >= 15 is 0 Å². The number of amides is 1. The van der Waals surface area contributed by atoms with Crippen LogP contribution in [0.4, 0.5) is 5.69 Å². The van der Waals surface area contributed by atoms with Gasteiger partial charge < -0.3 is 15.3 Å². The molecule has 0 saturated carbocycles. The van der Waals surface area contributed by atoms with Crippen LogP contribution in [0.25, 0.3) is 0 Å². The van der Waals surface area contributed by atoms with Gasteiger partial charge in [0.25, 0.3) is 0 Å². The Morgan fingerprint density at radius 3 is 2.59 bits per heavy atom. The second-order valence-corrected chi connectivity index (χ2v) is 3.95. The topological polar surface area (TPSA) is 52.6 Å². The van der Waals surface area contributed by atoms with Crippen LogP contribution >= 0.6 is 0 Å². The number of nitrogens with one attached hydrogen (secondary N) is 1. The predicted octanol–water partition coefficient (Wildman–Crippen LogP) is 1.01. The highest BCUT2D eigenvalue weighted by atomic mass is 16.3. The van der Waals surface area contributed by atoms with Gasteiger partial charge >= 0.3 is 0 Å². The maximum atomic E-state index is 11.4. The van der Waals surface area contributed by atoms with E-state index in [0.717, 1.165) is 5.69 Å². The fourth-order valence-electron chi connectivity index (χ4n) is 1.54. The Kier molecular flexibility index (Phi) is 5.49. The Morgan fingerprint density at radius 2 is 2.06 bits per heavy atom. The number of carbonyl (C=O) groups excluding carboxylic acids is 1. The van der Waals surface area contributed by atoms with E-state index in [9.17, 15) is 9.90 Å². The van der Waals surface area contributed by atoms with Gasteiger partial charge in [-0.2, -0.15) is 0 Å². The summed E-state index contributed by atoms with van der Waals surface area (Å²) in [6.45, 7) is 2.65. The first kappa shape index (κ1) is 13.5. The van der Waals surface area contributed by atoms with Gasteiger partial charge in [0.1, 0.15) is 0 Å². The Bertz CT molecular complexity index is 341. The molecule has 1 atom stereocenters. The molecule has 1 aromatic rings. The van der Waals surface area contributed by atoms with Gasteiger partial charge in [0, 0.05) is 19.3 Å². The fraction of sp³-hybridized carbons (Fsp3) is 0.462. The average Bonchev–Trinajstić information content (AvgIpc) is 2.38. The Balaban J connectivity index is 2.75. The monoisotopic (exact) mass is 236 g/mol. The lowest BCUT2D eigenvalue weighted by molar-refractivity contribution is -0.119. The zero-order valence-corrected chi connectivity index (χ0v) is 10.4. The molecule has 0 aromatic heterocycles. The van der Waals surface area contributed by atoms with Crippen LogP contribution < -0.4 is 10.2 Å². The second kappa shape index (κ2) is 6.91. The molecule has 0 fully saturated rings. The number of nitrogens with zero attached hydrogens (tertiary/aromatic N) is 1. The Hall–Kier alpha value is -1.55. The summed E-state index contributed by atoms with van der Waals surface area (Å²) in [5.41, 5.74) is 0.948. The van der Waals surface area contributed by atoms with Crippen molar-refractivity contribution in [2.45, 2.75) is 19.4 Å². The zero-order chi connectivity index (χ0) is 12.7. The summed E-state index contributed by atoms with van der Waals surface area (Å²) < 4.78 is 0. The molecule has 0 spiro atoms. The van der Waals surface area contributed by atoms with Crippen LogP contribution in [0.1, 0.15) is 13.3 Å². The van der Waals surface area contributed by atoms with Crippen LogP contribution in [-0.4, -0.2) is 37.3 Å². The minimum Gasteiger partial charge on any atom is -0.391 e. The van der Waals surface area contributed by atoms with E-state index in [1.165, 1.54) is 0 Å². The van der Waals surface area contributed by atoms with Crippen LogP contribution in [0.2, 0.25) is 0 Å². The zero-order valence-electron chi connectivity index (χ0n) is 10.4. The maximum Gasteiger partial charge on any atom is 0.239 e. The number of para-hydroxylation sites is 1. The van der Waals surface area contributed by atoms with E-state index in [-0.39, 0.29) is 12.5 Å². The molecule has 0 aliphatic carbocycles. The first-order valence-corrected chi connectivity index (χ1v) is 5.86. The highest BCUT2D eigenvalue weighted by molar-refractivity contribution is 5.81. The van der Waals surface area contributed by atoms with Gasteiger partial charge in [-0.05, 0) is 18.6 Å². The van der Waals surface area contributed by atoms with Crippen LogP contribution in [0, 0.1) is 0 Å². The molecule has 0 heterocycles. The van der Waals surface area contributed by atoms with Gasteiger partial charge in [-0.25, -0.2) is 0 Å². The molecule has 1 amide bonds. The number of rotatable bonds is 6. The quantitative estimate of drug-likeness (QED) is 0.775. The minimum absolute atomic E-state index is 0.0582. The number of likely N-dealkylation sites (N-methyl/N-ethyl adjacent to an activating group) is 1. The first-order valence-electron chi connectivity index (χ1n) is 5.86. The van der Waals surface area contributed by atoms with E-state index < -0.39 is 6.10 Å². The van der Waals surface area contributed by atoms with Crippen LogP contribution in [0.15, 0.2) is 30.3 Å². The predicted molar refractivity (Wildman–Crippen MR) is 69.0 cm³/mol. The third-order valence-corrected chi connectivity index (χ3v) is 2.64. The molecule has 0 bridgehead atoms. The van der Waals surface area contributed by atoms with Crippen LogP contribution in [0.5, 0.6) is 0 Å². The summed E-state index contributed by atoms with van der Waals surface area (Å²) in [6.07, 6.45) is 0.261. The molecule has 17 heavy (non-hydrogen) atoms. The average molecular weight is 236 g/mol. The summed E-state index contributed by atoms with van der Waals surface area (Å²) in [4.78, 5) is 13.3. The van der Waals surface area contributed by atoms with Crippen molar-refractivity contribution in [1.29, 1.82) is 0 Å². The number of hydrogen-bond donors (Lipinski definition) is 2. The summed E-state index contributed by atoms with van der Waals surface area (Å²) in [7, 11) is 1.61. The molecule has 94 valence electrons. The normalized spacial score (nSPS) is 11.9. The molecule has 1 unspecified atom stereocenters. The summed E-state index contributed by atoms with van der Waals surface area (Å²) in [5, 5.41) is 12.3. The molecule has 2 N–H and O–H groups in total. The highest BCUT2D eigenvalue weighted by Crippen LogP contribution is 2.13. The molecule has 0 aliphatic rings. The molecular weight excluding hydrogens is 216 g/mol. The molecule has 0 saturated heterocycles.